The van der Waals surface area contributed by atoms with E-state index in [-0.39, 0.29) is 26.2 Å². The standard InChI is InChI=1S/C9H9Si.2C9H7.C7H7.Zr/c1-7-4-3-5-9(6-10)8(7)2;2*1-2-5-9-7-3-6-8(9)4-1;1-7-5-3-2-4-6-7;/h3-5H,1-2H3;2*1-7H;2-6H,1H2;/q4*-1;+4. The van der Waals surface area contributed by atoms with Crippen LogP contribution in [0, 0.1) is 20.8 Å². The van der Waals surface area contributed by atoms with Crippen molar-refractivity contribution in [1.29, 1.82) is 0 Å². The Labute approximate surface area is 238 Å². The van der Waals surface area contributed by atoms with Crippen LogP contribution in [-0.2, 0) is 26.2 Å². The average Bonchev–Trinajstić information content (AvgIpc) is 3.57. The summed E-state index contributed by atoms with van der Waals surface area (Å²) in [5, 5.41) is 5.32. The summed E-state index contributed by atoms with van der Waals surface area (Å²) in [6.45, 7) is 7.92. The molecule has 174 valence electrons. The molecule has 0 N–H and O–H groups in total. The van der Waals surface area contributed by atoms with E-state index in [1.54, 1.807) is 0 Å². The zero-order chi connectivity index (χ0) is 24.9. The van der Waals surface area contributed by atoms with Gasteiger partial charge in [0, 0.05) is 0 Å². The summed E-state index contributed by atoms with van der Waals surface area (Å²) in [7, 11) is 3.24. The fourth-order valence-electron chi connectivity index (χ4n) is 3.50. The van der Waals surface area contributed by atoms with Crippen LogP contribution in [0.4, 0.5) is 0 Å². The van der Waals surface area contributed by atoms with Crippen molar-refractivity contribution in [3.8, 4) is 0 Å². The van der Waals surface area contributed by atoms with E-state index in [0.29, 0.717) is 0 Å². The average molecular weight is 558 g/mol. The summed E-state index contributed by atoms with van der Waals surface area (Å²) in [4.78, 5) is 0. The third kappa shape index (κ3) is 9.19. The van der Waals surface area contributed by atoms with Gasteiger partial charge in [-0.3, -0.25) is 0 Å². The summed E-state index contributed by atoms with van der Waals surface area (Å²) >= 11 is 0. The van der Waals surface area contributed by atoms with E-state index >= 15 is 0 Å². The summed E-state index contributed by atoms with van der Waals surface area (Å²) in [6, 6.07) is 45.4. The molecule has 0 nitrogen and oxygen atoms in total. The molecule has 6 rings (SSSR count). The maximum Gasteiger partial charge on any atom is 4.00 e. The van der Waals surface area contributed by atoms with Gasteiger partial charge in [0.05, 0.1) is 0 Å². The molecule has 2 radical (unpaired) electrons. The summed E-state index contributed by atoms with van der Waals surface area (Å²) in [5.74, 6) is 0. The first-order valence-corrected chi connectivity index (χ1v) is 12.2. The fraction of sp³-hybridized carbons (Fsp3) is 0.0588. The normalized spacial score (nSPS) is 9.39. The van der Waals surface area contributed by atoms with Crippen molar-refractivity contribution in [2.24, 2.45) is 0 Å². The molecule has 0 fully saturated rings. The van der Waals surface area contributed by atoms with Crippen LogP contribution in [0.5, 0.6) is 0 Å². The van der Waals surface area contributed by atoms with Crippen molar-refractivity contribution in [3.05, 3.63) is 163 Å². The molecule has 0 aliphatic heterocycles. The zero-order valence-corrected chi connectivity index (χ0v) is 24.4. The molecule has 0 aliphatic carbocycles. The maximum atomic E-state index is 3.72. The topological polar surface area (TPSA) is 0 Å². The van der Waals surface area contributed by atoms with Crippen molar-refractivity contribution in [3.63, 3.8) is 0 Å². The van der Waals surface area contributed by atoms with E-state index < -0.39 is 0 Å². The second kappa shape index (κ2) is 15.8. The number of aryl methyl sites for hydroxylation is 1. The Morgan fingerprint density at radius 3 is 1.53 bits per heavy atom. The van der Waals surface area contributed by atoms with Crippen LogP contribution in [0.2, 0.25) is 0 Å². The molecule has 0 saturated heterocycles. The van der Waals surface area contributed by atoms with Crippen molar-refractivity contribution in [1.82, 2.24) is 0 Å². The second-order valence-corrected chi connectivity index (χ2v) is 8.42. The largest absolute Gasteiger partial charge is 4.00 e. The van der Waals surface area contributed by atoms with Crippen LogP contribution < -0.4 is 0 Å². The molecule has 6 aromatic rings. The van der Waals surface area contributed by atoms with Crippen LogP contribution in [0.15, 0.2) is 133 Å². The summed E-state index contributed by atoms with van der Waals surface area (Å²) < 4.78 is 0. The van der Waals surface area contributed by atoms with Gasteiger partial charge < -0.3 is 0 Å². The van der Waals surface area contributed by atoms with E-state index in [2.05, 4.69) is 127 Å². The minimum absolute atomic E-state index is 0. The van der Waals surface area contributed by atoms with Crippen LogP contribution in [0.25, 0.3) is 21.5 Å². The smallest absolute Gasteiger partial charge is 0.199 e. The monoisotopic (exact) mass is 556 g/mol. The molecule has 0 heterocycles. The molecule has 2 heteroatoms. The van der Waals surface area contributed by atoms with Gasteiger partial charge in [0.15, 0.2) is 0 Å². The SMILES string of the molecule is Cc1cccc([C-]=[Si])c1C.[CH2-]c1ccccc1.[Zr+4].c1ccc2[cH-]ccc2c1.c1ccc2[cH-]ccc2c1. The van der Waals surface area contributed by atoms with Crippen LogP contribution >= 0.6 is 0 Å². The Hall–Kier alpha value is -3.06. The number of rotatable bonds is 1. The van der Waals surface area contributed by atoms with E-state index in [1.807, 2.05) is 42.5 Å². The number of benzene rings is 4. The van der Waals surface area contributed by atoms with Crippen molar-refractivity contribution in [2.75, 3.05) is 0 Å². The first-order valence-electron chi connectivity index (χ1n) is 11.7. The van der Waals surface area contributed by atoms with Gasteiger partial charge in [-0.15, -0.1) is 88.6 Å². The minimum atomic E-state index is 0. The quantitative estimate of drug-likeness (QED) is 0.140. The molecule has 6 aromatic carbocycles. The van der Waals surface area contributed by atoms with Gasteiger partial charge in [0.1, 0.15) is 0 Å². The second-order valence-electron chi connectivity index (χ2n) is 8.17. The number of hydrogen-bond acceptors (Lipinski definition) is 0. The Kier molecular flexibility index (Phi) is 12.8. The van der Waals surface area contributed by atoms with Gasteiger partial charge in [0.2, 0.25) is 0 Å². The molecule has 0 saturated carbocycles. The molecule has 36 heavy (non-hydrogen) atoms. The third-order valence-corrected chi connectivity index (χ3v) is 5.95. The Morgan fingerprint density at radius 2 is 1.11 bits per heavy atom. The minimum Gasteiger partial charge on any atom is -0.199 e. The molecule has 0 spiro atoms. The molecule has 0 bridgehead atoms. The van der Waals surface area contributed by atoms with E-state index in [4.69, 9.17) is 0 Å². The Morgan fingerprint density at radius 1 is 0.611 bits per heavy atom. The first kappa shape index (κ1) is 29.2. The molecular weight excluding hydrogens is 528 g/mol. The molecular formula is C34H30SiZr. The van der Waals surface area contributed by atoms with Crippen LogP contribution in [-0.4, -0.2) is 15.5 Å². The fourth-order valence-corrected chi connectivity index (χ4v) is 3.78. The van der Waals surface area contributed by atoms with Crippen LogP contribution in [0.1, 0.15) is 22.3 Å². The van der Waals surface area contributed by atoms with Gasteiger partial charge in [0.25, 0.3) is 0 Å². The first-order chi connectivity index (χ1) is 17.1. The maximum absolute atomic E-state index is 3.72. The molecule has 0 aliphatic rings. The van der Waals surface area contributed by atoms with E-state index in [9.17, 15) is 0 Å². The zero-order valence-electron chi connectivity index (χ0n) is 20.9. The number of hydrogen-bond donors (Lipinski definition) is 0. The van der Waals surface area contributed by atoms with Gasteiger partial charge in [-0.25, -0.2) is 0 Å². The Bertz CT molecular complexity index is 1310. The van der Waals surface area contributed by atoms with Gasteiger partial charge in [-0.1, -0.05) is 48.0 Å². The van der Waals surface area contributed by atoms with E-state index in [0.717, 1.165) is 11.1 Å². The molecule has 0 amide bonds. The molecule has 0 atom stereocenters. The van der Waals surface area contributed by atoms with E-state index in [1.165, 1.54) is 32.7 Å². The molecule has 0 unspecified atom stereocenters. The van der Waals surface area contributed by atoms with Crippen molar-refractivity contribution in [2.45, 2.75) is 13.8 Å². The third-order valence-electron chi connectivity index (χ3n) is 5.68. The van der Waals surface area contributed by atoms with Gasteiger partial charge in [-0.05, 0) is 0 Å². The van der Waals surface area contributed by atoms with Crippen molar-refractivity contribution < 1.29 is 26.2 Å². The summed E-state index contributed by atoms with van der Waals surface area (Å²) in [5.41, 5.74) is 7.75. The van der Waals surface area contributed by atoms with Crippen molar-refractivity contribution >= 4 is 37.1 Å². The predicted octanol–water partition coefficient (Wildman–Crippen LogP) is 8.48. The van der Waals surface area contributed by atoms with Gasteiger partial charge >= 0.3 is 26.2 Å². The van der Waals surface area contributed by atoms with Gasteiger partial charge in [-0.2, -0.15) is 77.0 Å². The Balaban J connectivity index is 0.000000169. The summed E-state index contributed by atoms with van der Waals surface area (Å²) in [6.07, 6.45) is 0. The molecule has 0 aromatic heterocycles. The predicted molar refractivity (Wildman–Crippen MR) is 156 cm³/mol. The number of fused-ring (bicyclic) bond motifs is 2. The van der Waals surface area contributed by atoms with Crippen LogP contribution in [0.3, 0.4) is 0 Å².